The fourth-order valence-corrected chi connectivity index (χ4v) is 4.33. The first-order valence-corrected chi connectivity index (χ1v) is 10.9. The maximum Gasteiger partial charge on any atom is 0.254 e. The van der Waals surface area contributed by atoms with Gasteiger partial charge in [-0.05, 0) is 48.2 Å². The van der Waals surface area contributed by atoms with Crippen molar-refractivity contribution < 1.29 is 9.53 Å². The smallest absolute Gasteiger partial charge is 0.254 e. The van der Waals surface area contributed by atoms with Crippen molar-refractivity contribution in [1.29, 1.82) is 0 Å². The lowest BCUT2D eigenvalue weighted by Crippen LogP contribution is -2.28. The van der Waals surface area contributed by atoms with Crippen LogP contribution in [-0.4, -0.2) is 40.0 Å². The monoisotopic (exact) mass is 470 g/mol. The molecule has 32 heavy (non-hydrogen) atoms. The Morgan fingerprint density at radius 3 is 2.78 bits per heavy atom. The van der Waals surface area contributed by atoms with Gasteiger partial charge >= 0.3 is 0 Å². The maximum atomic E-state index is 13.0. The molecule has 3 heterocycles. The Morgan fingerprint density at radius 1 is 1.12 bits per heavy atom. The van der Waals surface area contributed by atoms with Crippen LogP contribution < -0.4 is 5.32 Å². The Bertz CT molecular complexity index is 1120. The van der Waals surface area contributed by atoms with Crippen LogP contribution in [0.25, 0.3) is 11.3 Å². The van der Waals surface area contributed by atoms with Crippen molar-refractivity contribution in [2.24, 2.45) is 0 Å². The summed E-state index contributed by atoms with van der Waals surface area (Å²) in [4.78, 5) is 23.9. The van der Waals surface area contributed by atoms with Gasteiger partial charge in [-0.15, -0.1) is 12.4 Å². The van der Waals surface area contributed by atoms with Crippen molar-refractivity contribution in [3.63, 3.8) is 0 Å². The molecule has 0 atom stereocenters. The van der Waals surface area contributed by atoms with Crippen molar-refractivity contribution in [3.05, 3.63) is 76.4 Å². The number of carbonyl (C=O) groups is 1. The van der Waals surface area contributed by atoms with Gasteiger partial charge in [-0.2, -0.15) is 0 Å². The van der Waals surface area contributed by atoms with Gasteiger partial charge in [0.1, 0.15) is 0 Å². The quantitative estimate of drug-likeness (QED) is 0.570. The molecule has 1 fully saturated rings. The number of benzene rings is 2. The summed E-state index contributed by atoms with van der Waals surface area (Å²) >= 11 is 6.09. The predicted octanol–water partition coefficient (Wildman–Crippen LogP) is 4.97. The molecule has 2 aliphatic rings. The summed E-state index contributed by atoms with van der Waals surface area (Å²) in [6, 6.07) is 15.8. The van der Waals surface area contributed by atoms with Gasteiger partial charge in [-0.3, -0.25) is 4.79 Å². The number of hydrogen-bond donors (Lipinski definition) is 1. The van der Waals surface area contributed by atoms with Gasteiger partial charge in [0.25, 0.3) is 5.91 Å². The van der Waals surface area contributed by atoms with Gasteiger partial charge in [-0.1, -0.05) is 35.9 Å². The number of ether oxygens (including phenoxy) is 1. The number of halogens is 2. The first kappa shape index (κ1) is 22.5. The van der Waals surface area contributed by atoms with E-state index in [1.165, 1.54) is 0 Å². The number of nitrogens with one attached hydrogen (secondary N) is 1. The van der Waals surface area contributed by atoms with E-state index in [1.807, 2.05) is 53.4 Å². The highest BCUT2D eigenvalue weighted by atomic mass is 35.5. The summed E-state index contributed by atoms with van der Waals surface area (Å²) in [5.41, 5.74) is 4.50. The Kier molecular flexibility index (Phi) is 6.94. The predicted molar refractivity (Wildman–Crippen MR) is 127 cm³/mol. The third-order valence-electron chi connectivity index (χ3n) is 5.76. The van der Waals surface area contributed by atoms with Gasteiger partial charge in [0.2, 0.25) is 5.95 Å². The molecule has 166 valence electrons. The Labute approximate surface area is 198 Å². The Balaban J connectivity index is 0.00000245. The van der Waals surface area contributed by atoms with Crippen LogP contribution in [0, 0.1) is 0 Å². The molecule has 0 saturated carbocycles. The summed E-state index contributed by atoms with van der Waals surface area (Å²) in [5, 5.41) is 4.08. The zero-order valence-corrected chi connectivity index (χ0v) is 19.0. The Morgan fingerprint density at radius 2 is 1.97 bits per heavy atom. The largest absolute Gasteiger partial charge is 0.381 e. The summed E-state index contributed by atoms with van der Waals surface area (Å²) < 4.78 is 5.41. The minimum absolute atomic E-state index is 0. The van der Waals surface area contributed by atoms with Crippen molar-refractivity contribution >= 4 is 35.9 Å². The SMILES string of the molecule is Cl.O=C1c2cc(-c3ccnc(NC4CCOCC4)n3)ccc2CN1Cc1cccc(Cl)c1. The number of anilines is 1. The van der Waals surface area contributed by atoms with E-state index >= 15 is 0 Å². The Hall–Kier alpha value is -2.67. The number of aromatic nitrogens is 2. The van der Waals surface area contributed by atoms with Crippen LogP contribution in [0.1, 0.15) is 34.3 Å². The van der Waals surface area contributed by atoms with Crippen LogP contribution >= 0.6 is 24.0 Å². The summed E-state index contributed by atoms with van der Waals surface area (Å²) in [5.74, 6) is 0.644. The zero-order valence-electron chi connectivity index (χ0n) is 17.5. The fourth-order valence-electron chi connectivity index (χ4n) is 4.12. The standard InChI is InChI=1S/C24H23ClN4O2.ClH/c25-19-3-1-2-16(12-19)14-29-15-18-5-4-17(13-21(18)23(29)30)22-6-9-26-24(28-22)27-20-7-10-31-11-8-20;/h1-6,9,12-13,20H,7-8,10-11,14-15H2,(H,26,27,28);1H. The third kappa shape index (κ3) is 4.88. The van der Waals surface area contributed by atoms with E-state index in [9.17, 15) is 4.79 Å². The van der Waals surface area contributed by atoms with Crippen molar-refractivity contribution in [2.45, 2.75) is 32.0 Å². The van der Waals surface area contributed by atoms with Crippen LogP contribution in [0.2, 0.25) is 5.02 Å². The molecule has 1 aromatic heterocycles. The molecule has 0 unspecified atom stereocenters. The highest BCUT2D eigenvalue weighted by Gasteiger charge is 2.28. The van der Waals surface area contributed by atoms with Gasteiger partial charge < -0.3 is 15.0 Å². The zero-order chi connectivity index (χ0) is 21.2. The van der Waals surface area contributed by atoms with E-state index in [1.54, 1.807) is 6.20 Å². The number of amides is 1. The maximum absolute atomic E-state index is 13.0. The topological polar surface area (TPSA) is 67.3 Å². The van der Waals surface area contributed by atoms with E-state index in [-0.39, 0.29) is 18.3 Å². The first-order chi connectivity index (χ1) is 15.2. The minimum atomic E-state index is 0. The highest BCUT2D eigenvalue weighted by molar-refractivity contribution is 6.30. The average Bonchev–Trinajstić information content (AvgIpc) is 3.09. The first-order valence-electron chi connectivity index (χ1n) is 10.5. The third-order valence-corrected chi connectivity index (χ3v) is 5.99. The van der Waals surface area contributed by atoms with Crippen molar-refractivity contribution in [3.8, 4) is 11.3 Å². The molecular weight excluding hydrogens is 447 g/mol. The summed E-state index contributed by atoms with van der Waals surface area (Å²) in [6.07, 6.45) is 3.65. The number of fused-ring (bicyclic) bond motifs is 1. The van der Waals surface area contributed by atoms with Crippen LogP contribution in [-0.2, 0) is 17.8 Å². The van der Waals surface area contributed by atoms with Crippen LogP contribution in [0.15, 0.2) is 54.7 Å². The second kappa shape index (κ2) is 9.86. The number of hydrogen-bond acceptors (Lipinski definition) is 5. The minimum Gasteiger partial charge on any atom is -0.381 e. The molecule has 0 bridgehead atoms. The molecule has 1 N–H and O–H groups in total. The lowest BCUT2D eigenvalue weighted by atomic mass is 10.0. The summed E-state index contributed by atoms with van der Waals surface area (Å²) in [6.45, 7) is 2.66. The summed E-state index contributed by atoms with van der Waals surface area (Å²) in [7, 11) is 0. The lowest BCUT2D eigenvalue weighted by molar-refractivity contribution is 0.0766. The van der Waals surface area contributed by atoms with E-state index in [0.29, 0.717) is 30.1 Å². The van der Waals surface area contributed by atoms with Gasteiger partial charge in [0, 0.05) is 54.7 Å². The van der Waals surface area contributed by atoms with Crippen LogP contribution in [0.4, 0.5) is 5.95 Å². The van der Waals surface area contributed by atoms with Gasteiger partial charge in [-0.25, -0.2) is 9.97 Å². The van der Waals surface area contributed by atoms with E-state index < -0.39 is 0 Å². The van der Waals surface area contributed by atoms with Crippen molar-refractivity contribution in [1.82, 2.24) is 14.9 Å². The molecule has 0 radical (unpaired) electrons. The van der Waals surface area contributed by atoms with Crippen LogP contribution in [0.3, 0.4) is 0 Å². The van der Waals surface area contributed by atoms with E-state index in [2.05, 4.69) is 15.3 Å². The second-order valence-corrected chi connectivity index (χ2v) is 8.40. The van der Waals surface area contributed by atoms with Gasteiger partial charge in [0.05, 0.1) is 5.69 Å². The highest BCUT2D eigenvalue weighted by Crippen LogP contribution is 2.29. The second-order valence-electron chi connectivity index (χ2n) is 7.96. The van der Waals surface area contributed by atoms with Crippen LogP contribution in [0.5, 0.6) is 0 Å². The molecule has 3 aromatic rings. The normalized spacial score (nSPS) is 15.9. The molecule has 0 spiro atoms. The molecule has 6 nitrogen and oxygen atoms in total. The molecular formula is C24H24Cl2N4O2. The number of nitrogens with zero attached hydrogens (tertiary/aromatic N) is 3. The average molecular weight is 471 g/mol. The molecule has 0 aliphatic carbocycles. The van der Waals surface area contributed by atoms with E-state index in [0.717, 1.165) is 54.0 Å². The number of carbonyl (C=O) groups excluding carboxylic acids is 1. The molecule has 2 aromatic carbocycles. The lowest BCUT2D eigenvalue weighted by Gasteiger charge is -2.23. The van der Waals surface area contributed by atoms with Gasteiger partial charge in [0.15, 0.2) is 0 Å². The van der Waals surface area contributed by atoms with Crippen molar-refractivity contribution in [2.75, 3.05) is 18.5 Å². The molecule has 2 aliphatic heterocycles. The van der Waals surface area contributed by atoms with E-state index in [4.69, 9.17) is 16.3 Å². The number of rotatable bonds is 5. The molecule has 5 rings (SSSR count). The molecule has 8 heteroatoms. The fraction of sp³-hybridized carbons (Fsp3) is 0.292. The molecule has 1 saturated heterocycles. The molecule has 1 amide bonds.